The molecule has 7 heteroatoms. The number of fused-ring (bicyclic) bond motifs is 5. The second-order valence-electron chi connectivity index (χ2n) is 13.1. The van der Waals surface area contributed by atoms with Crippen molar-refractivity contribution < 1.29 is 24.9 Å². The minimum Gasteiger partial charge on any atom is -0.480 e. The van der Waals surface area contributed by atoms with Gasteiger partial charge in [0, 0.05) is 6.42 Å². The Morgan fingerprint density at radius 3 is 2.47 bits per heavy atom. The summed E-state index contributed by atoms with van der Waals surface area (Å²) in [4.78, 5) is 24.1. The summed E-state index contributed by atoms with van der Waals surface area (Å²) >= 11 is 1.58. The van der Waals surface area contributed by atoms with Crippen molar-refractivity contribution in [2.75, 3.05) is 12.0 Å². The third kappa shape index (κ3) is 5.10. The minimum absolute atomic E-state index is 0.115. The average molecular weight is 524 g/mol. The number of aliphatic carboxylic acids is 1. The highest BCUT2D eigenvalue weighted by molar-refractivity contribution is 7.98. The van der Waals surface area contributed by atoms with Gasteiger partial charge in [-0.05, 0) is 123 Å². The van der Waals surface area contributed by atoms with Gasteiger partial charge >= 0.3 is 5.97 Å². The molecule has 4 N–H and O–H groups in total. The molecule has 4 saturated carbocycles. The molecule has 11 unspecified atom stereocenters. The summed E-state index contributed by atoms with van der Waals surface area (Å²) < 4.78 is 0. The molecule has 4 aliphatic carbocycles. The summed E-state index contributed by atoms with van der Waals surface area (Å²) in [5, 5.41) is 34.1. The Morgan fingerprint density at radius 1 is 1.03 bits per heavy atom. The molecule has 0 heterocycles. The quantitative estimate of drug-likeness (QED) is 0.349. The Kier molecular flexibility index (Phi) is 8.73. The lowest BCUT2D eigenvalue weighted by Crippen LogP contribution is -2.58. The maximum absolute atomic E-state index is 12.6. The molecule has 0 aliphatic heterocycles. The number of hydrogen-bond donors (Lipinski definition) is 4. The molecule has 0 aromatic heterocycles. The van der Waals surface area contributed by atoms with Crippen molar-refractivity contribution in [2.45, 2.75) is 110 Å². The first-order chi connectivity index (χ1) is 17.0. The lowest BCUT2D eigenvalue weighted by atomic mass is 9.43. The predicted octanol–water partition coefficient (Wildman–Crippen LogP) is 4.72. The van der Waals surface area contributed by atoms with E-state index in [1.807, 2.05) is 6.26 Å². The lowest BCUT2D eigenvalue weighted by Gasteiger charge is -2.62. The Bertz CT molecular complexity index is 809. The number of rotatable bonds is 9. The zero-order valence-corrected chi connectivity index (χ0v) is 23.6. The maximum Gasteiger partial charge on any atom is 0.326 e. The summed E-state index contributed by atoms with van der Waals surface area (Å²) in [6, 6.07) is -0.817. The highest BCUT2D eigenvalue weighted by Gasteiger charge is 2.63. The predicted molar refractivity (Wildman–Crippen MR) is 144 cm³/mol. The van der Waals surface area contributed by atoms with E-state index in [9.17, 15) is 24.9 Å². The number of aliphatic hydroxyl groups excluding tert-OH is 2. The molecule has 1 amide bonds. The Morgan fingerprint density at radius 2 is 1.78 bits per heavy atom. The average Bonchev–Trinajstić information content (AvgIpc) is 3.20. The third-order valence-corrected chi connectivity index (χ3v) is 12.2. The minimum atomic E-state index is -0.965. The number of aliphatic hydroxyl groups is 2. The van der Waals surface area contributed by atoms with Crippen LogP contribution in [0.15, 0.2) is 0 Å². The van der Waals surface area contributed by atoms with E-state index in [0.717, 1.165) is 44.9 Å². The topological polar surface area (TPSA) is 107 Å². The molecule has 0 bridgehead atoms. The van der Waals surface area contributed by atoms with Gasteiger partial charge in [0.2, 0.25) is 5.91 Å². The number of carbonyl (C=O) groups excluding carboxylic acids is 1. The third-order valence-electron chi connectivity index (χ3n) is 11.6. The number of carboxylic acid groups (broad SMARTS) is 1. The van der Waals surface area contributed by atoms with Crippen LogP contribution in [0.25, 0.3) is 0 Å². The number of amides is 1. The van der Waals surface area contributed by atoms with Gasteiger partial charge in [0.15, 0.2) is 0 Å². The fourth-order valence-electron chi connectivity index (χ4n) is 9.48. The van der Waals surface area contributed by atoms with E-state index in [-0.39, 0.29) is 28.9 Å². The molecule has 4 rings (SSSR count). The maximum atomic E-state index is 12.6. The number of carbonyl (C=O) groups is 2. The van der Waals surface area contributed by atoms with Crippen molar-refractivity contribution in [1.29, 1.82) is 0 Å². The SMILES string of the molecule is CSCCC(NC(=O)CCC(C)C1CCC2C3CCC4CC(O)CCC4(C)C3CC(O)C12C)C(=O)O. The van der Waals surface area contributed by atoms with Gasteiger partial charge in [-0.1, -0.05) is 20.8 Å². The standard InChI is InChI=1S/C29H49NO5S/c1-17(5-10-26(33)30-24(27(34)35)12-14-36-4)21-8-9-22-20-7-6-18-15-19(31)11-13-28(18,2)23(20)16-25(32)29(21,22)3/h17-25,31-32H,5-16H2,1-4H3,(H,30,33)(H,34,35). The largest absolute Gasteiger partial charge is 0.480 e. The van der Waals surface area contributed by atoms with Crippen LogP contribution in [0.2, 0.25) is 0 Å². The van der Waals surface area contributed by atoms with E-state index < -0.39 is 12.0 Å². The summed E-state index contributed by atoms with van der Waals surface area (Å²) in [7, 11) is 0. The molecule has 0 saturated heterocycles. The fraction of sp³-hybridized carbons (Fsp3) is 0.931. The first-order valence-electron chi connectivity index (χ1n) is 14.4. The molecule has 0 spiro atoms. The molecule has 0 aromatic rings. The van der Waals surface area contributed by atoms with Crippen LogP contribution in [0.4, 0.5) is 0 Å². The number of nitrogens with one attached hydrogen (secondary N) is 1. The van der Waals surface area contributed by atoms with E-state index >= 15 is 0 Å². The Labute approximate surface area is 221 Å². The number of hydrogen-bond acceptors (Lipinski definition) is 5. The number of thioether (sulfide) groups is 1. The molecule has 4 aliphatic rings. The summed E-state index contributed by atoms with van der Waals surface area (Å²) in [6.45, 7) is 7.01. The van der Waals surface area contributed by atoms with Gasteiger partial charge in [0.05, 0.1) is 12.2 Å². The molecule has 4 fully saturated rings. The van der Waals surface area contributed by atoms with E-state index in [4.69, 9.17) is 0 Å². The van der Waals surface area contributed by atoms with E-state index in [0.29, 0.717) is 54.1 Å². The number of carboxylic acids is 1. The van der Waals surface area contributed by atoms with Crippen molar-refractivity contribution in [3.8, 4) is 0 Å². The van der Waals surface area contributed by atoms with Crippen LogP contribution in [0, 0.1) is 46.3 Å². The van der Waals surface area contributed by atoms with E-state index in [1.54, 1.807) is 11.8 Å². The van der Waals surface area contributed by atoms with Gasteiger partial charge < -0.3 is 20.6 Å². The molecule has 36 heavy (non-hydrogen) atoms. The first kappa shape index (κ1) is 28.2. The lowest BCUT2D eigenvalue weighted by molar-refractivity contribution is -0.175. The smallest absolute Gasteiger partial charge is 0.326 e. The first-order valence-corrected chi connectivity index (χ1v) is 15.8. The van der Waals surface area contributed by atoms with Gasteiger partial charge in [-0.2, -0.15) is 11.8 Å². The van der Waals surface area contributed by atoms with Crippen LogP contribution in [0.3, 0.4) is 0 Å². The Balaban J connectivity index is 1.40. The molecular formula is C29H49NO5S. The monoisotopic (exact) mass is 523 g/mol. The van der Waals surface area contributed by atoms with Crippen molar-refractivity contribution >= 4 is 23.6 Å². The molecular weight excluding hydrogens is 474 g/mol. The normalized spacial score (nSPS) is 43.6. The van der Waals surface area contributed by atoms with Gasteiger partial charge in [-0.25, -0.2) is 4.79 Å². The molecule has 0 aromatic carbocycles. The second-order valence-corrected chi connectivity index (χ2v) is 14.1. The van der Waals surface area contributed by atoms with Crippen LogP contribution in [-0.2, 0) is 9.59 Å². The zero-order valence-electron chi connectivity index (χ0n) is 22.7. The van der Waals surface area contributed by atoms with Crippen LogP contribution in [0.1, 0.15) is 91.4 Å². The van der Waals surface area contributed by atoms with Crippen molar-refractivity contribution in [1.82, 2.24) is 5.32 Å². The summed E-state index contributed by atoms with van der Waals surface area (Å²) in [6.07, 6.45) is 11.5. The van der Waals surface area contributed by atoms with Crippen LogP contribution >= 0.6 is 11.8 Å². The molecule has 206 valence electrons. The molecule has 0 radical (unpaired) electrons. The zero-order chi connectivity index (χ0) is 26.3. The van der Waals surface area contributed by atoms with Crippen molar-refractivity contribution in [2.24, 2.45) is 46.3 Å². The fourth-order valence-corrected chi connectivity index (χ4v) is 9.95. The molecule has 6 nitrogen and oxygen atoms in total. The highest BCUT2D eigenvalue weighted by Crippen LogP contribution is 2.68. The van der Waals surface area contributed by atoms with E-state index in [2.05, 4.69) is 26.1 Å². The Hall–Kier alpha value is -0.790. The second kappa shape index (κ2) is 11.1. The van der Waals surface area contributed by atoms with Crippen LogP contribution in [-0.4, -0.2) is 57.5 Å². The molecule has 11 atom stereocenters. The van der Waals surface area contributed by atoms with Gasteiger partial charge in [-0.15, -0.1) is 0 Å². The van der Waals surface area contributed by atoms with Gasteiger partial charge in [0.25, 0.3) is 0 Å². The van der Waals surface area contributed by atoms with Crippen molar-refractivity contribution in [3.63, 3.8) is 0 Å². The van der Waals surface area contributed by atoms with Gasteiger partial charge in [-0.3, -0.25) is 4.79 Å². The summed E-state index contributed by atoms with van der Waals surface area (Å²) in [5.41, 5.74) is 0.125. The van der Waals surface area contributed by atoms with Gasteiger partial charge in [0.1, 0.15) is 6.04 Å². The summed E-state index contributed by atoms with van der Waals surface area (Å²) in [5.74, 6) is 2.57. The highest BCUT2D eigenvalue weighted by atomic mass is 32.2. The van der Waals surface area contributed by atoms with Crippen molar-refractivity contribution in [3.05, 3.63) is 0 Å². The van der Waals surface area contributed by atoms with Crippen LogP contribution in [0.5, 0.6) is 0 Å². The van der Waals surface area contributed by atoms with Crippen LogP contribution < -0.4 is 5.32 Å². The van der Waals surface area contributed by atoms with E-state index in [1.165, 1.54) is 12.8 Å².